The first-order chi connectivity index (χ1) is 8.65. The molecule has 0 radical (unpaired) electrons. The predicted octanol–water partition coefficient (Wildman–Crippen LogP) is 0.790. The van der Waals surface area contributed by atoms with Gasteiger partial charge in [0.25, 0.3) is 5.88 Å². The van der Waals surface area contributed by atoms with E-state index in [2.05, 4.69) is 14.7 Å². The first kappa shape index (κ1) is 12.1. The number of carbonyl (C=O) groups is 1. The maximum atomic E-state index is 11.4. The van der Waals surface area contributed by atoms with Gasteiger partial charge in [-0.2, -0.15) is 4.57 Å². The topological polar surface area (TPSA) is 68.1 Å². The normalized spacial score (nSPS) is 10.2. The number of methoxy groups -OCH3 is 2. The molecule has 1 N–H and O–H groups in total. The zero-order valence-electron chi connectivity index (χ0n) is 10.4. The highest BCUT2D eigenvalue weighted by atomic mass is 16.5. The van der Waals surface area contributed by atoms with Gasteiger partial charge in [0, 0.05) is 6.92 Å². The lowest BCUT2D eigenvalue weighted by atomic mass is 10.3. The number of carbonyl (C=O) groups excluding carboxylic acids is 1. The molecule has 0 spiro atoms. The quantitative estimate of drug-likeness (QED) is 0.644. The molecule has 0 saturated carbocycles. The van der Waals surface area contributed by atoms with Crippen LogP contribution in [0.3, 0.4) is 0 Å². The summed E-state index contributed by atoms with van der Waals surface area (Å²) in [5.41, 5.74) is 1.97. The molecule has 2 aromatic rings. The SMILES string of the molecule is COC(=O)c1ccc(-[n+]2c[nH]c(C)c2)c(OC)n1. The lowest BCUT2D eigenvalue weighted by molar-refractivity contribution is -0.595. The Hall–Kier alpha value is -2.37. The van der Waals surface area contributed by atoms with Gasteiger partial charge in [0.05, 0.1) is 14.2 Å². The largest absolute Gasteiger partial charge is 0.478 e. The average Bonchev–Trinajstić information content (AvgIpc) is 2.83. The third kappa shape index (κ3) is 2.17. The monoisotopic (exact) mass is 248 g/mol. The second kappa shape index (κ2) is 4.87. The molecule has 0 atom stereocenters. The summed E-state index contributed by atoms with van der Waals surface area (Å²) in [6, 6.07) is 3.35. The van der Waals surface area contributed by atoms with Crippen molar-refractivity contribution in [2.24, 2.45) is 0 Å². The van der Waals surface area contributed by atoms with Gasteiger partial charge >= 0.3 is 5.97 Å². The number of H-pyrrole nitrogens is 1. The van der Waals surface area contributed by atoms with Crippen molar-refractivity contribution in [2.45, 2.75) is 6.92 Å². The second-order valence-corrected chi connectivity index (χ2v) is 3.71. The summed E-state index contributed by atoms with van der Waals surface area (Å²) >= 11 is 0. The van der Waals surface area contributed by atoms with E-state index in [9.17, 15) is 4.79 Å². The highest BCUT2D eigenvalue weighted by Gasteiger charge is 2.16. The van der Waals surface area contributed by atoms with Crippen LogP contribution in [0.5, 0.6) is 5.88 Å². The number of aromatic nitrogens is 3. The summed E-state index contributed by atoms with van der Waals surface area (Å²) in [5, 5.41) is 0. The van der Waals surface area contributed by atoms with Crippen molar-refractivity contribution in [3.05, 3.63) is 36.0 Å². The molecule has 6 nitrogen and oxygen atoms in total. The van der Waals surface area contributed by atoms with Gasteiger partial charge in [0.2, 0.25) is 6.33 Å². The lowest BCUT2D eigenvalue weighted by Crippen LogP contribution is -2.28. The van der Waals surface area contributed by atoms with Crippen molar-refractivity contribution in [2.75, 3.05) is 14.2 Å². The van der Waals surface area contributed by atoms with Gasteiger partial charge in [-0.3, -0.25) is 0 Å². The van der Waals surface area contributed by atoms with Gasteiger partial charge in [0.15, 0.2) is 11.4 Å². The lowest BCUT2D eigenvalue weighted by Gasteiger charge is -2.05. The highest BCUT2D eigenvalue weighted by Crippen LogP contribution is 2.16. The molecule has 0 aliphatic heterocycles. The standard InChI is InChI=1S/C12H13N3O3/c1-8-6-15(7-13-8)10-5-4-9(12(16)18-3)14-11(10)17-2/h4-7H,1-3H3/p+1. The van der Waals surface area contributed by atoms with Gasteiger partial charge in [-0.25, -0.2) is 14.8 Å². The fraction of sp³-hybridized carbons (Fsp3) is 0.250. The Labute approximate surface area is 104 Å². The van der Waals surface area contributed by atoms with Gasteiger partial charge < -0.3 is 9.47 Å². The molecule has 6 heteroatoms. The van der Waals surface area contributed by atoms with E-state index in [0.29, 0.717) is 5.88 Å². The third-order valence-electron chi connectivity index (χ3n) is 2.47. The molecule has 0 aliphatic rings. The molecule has 18 heavy (non-hydrogen) atoms. The smallest absolute Gasteiger partial charge is 0.356 e. The molecule has 2 aromatic heterocycles. The van der Waals surface area contributed by atoms with Gasteiger partial charge in [-0.1, -0.05) is 0 Å². The molecule has 0 fully saturated rings. The summed E-state index contributed by atoms with van der Waals surface area (Å²) < 4.78 is 11.6. The Morgan fingerprint density at radius 3 is 2.72 bits per heavy atom. The van der Waals surface area contributed by atoms with Crippen LogP contribution in [0.15, 0.2) is 24.7 Å². The minimum atomic E-state index is -0.491. The molecule has 0 unspecified atom stereocenters. The maximum absolute atomic E-state index is 11.4. The molecular formula is C12H14N3O3+. The Morgan fingerprint density at radius 2 is 2.17 bits per heavy atom. The number of esters is 1. The number of ether oxygens (including phenoxy) is 2. The number of rotatable bonds is 3. The third-order valence-corrected chi connectivity index (χ3v) is 2.47. The van der Waals surface area contributed by atoms with Crippen LogP contribution in [-0.4, -0.2) is 30.2 Å². The van der Waals surface area contributed by atoms with Crippen molar-refractivity contribution in [3.63, 3.8) is 0 Å². The molecule has 0 saturated heterocycles. The Kier molecular flexibility index (Phi) is 3.27. The van der Waals surface area contributed by atoms with Crippen molar-refractivity contribution in [1.29, 1.82) is 0 Å². The van der Waals surface area contributed by atoms with E-state index in [-0.39, 0.29) is 5.69 Å². The zero-order chi connectivity index (χ0) is 13.1. The summed E-state index contributed by atoms with van der Waals surface area (Å²) in [4.78, 5) is 18.6. The van der Waals surface area contributed by atoms with Gasteiger partial charge in [-0.15, -0.1) is 0 Å². The van der Waals surface area contributed by atoms with Crippen molar-refractivity contribution < 1.29 is 18.8 Å². The summed E-state index contributed by atoms with van der Waals surface area (Å²) in [7, 11) is 2.82. The number of pyridine rings is 1. The molecule has 2 heterocycles. The van der Waals surface area contributed by atoms with E-state index in [1.807, 2.05) is 17.7 Å². The number of hydrogen-bond acceptors (Lipinski definition) is 4. The van der Waals surface area contributed by atoms with Crippen LogP contribution >= 0.6 is 0 Å². The summed E-state index contributed by atoms with van der Waals surface area (Å²) in [6.45, 7) is 1.94. The van der Waals surface area contributed by atoms with Crippen LogP contribution in [0.1, 0.15) is 16.2 Å². The average molecular weight is 248 g/mol. The minimum absolute atomic E-state index is 0.214. The first-order valence-corrected chi connectivity index (χ1v) is 5.35. The minimum Gasteiger partial charge on any atom is -0.478 e. The number of aromatic amines is 1. The van der Waals surface area contributed by atoms with E-state index in [1.54, 1.807) is 18.5 Å². The summed E-state index contributed by atoms with van der Waals surface area (Å²) in [5.74, 6) is -0.128. The van der Waals surface area contributed by atoms with E-state index < -0.39 is 5.97 Å². The predicted molar refractivity (Wildman–Crippen MR) is 62.7 cm³/mol. The van der Waals surface area contributed by atoms with Crippen LogP contribution in [0.4, 0.5) is 0 Å². The fourth-order valence-corrected chi connectivity index (χ4v) is 1.59. The number of nitrogens with one attached hydrogen (secondary N) is 1. The Balaban J connectivity index is 2.46. The zero-order valence-corrected chi connectivity index (χ0v) is 10.4. The van der Waals surface area contributed by atoms with E-state index >= 15 is 0 Å². The van der Waals surface area contributed by atoms with E-state index in [0.717, 1.165) is 11.4 Å². The number of nitrogens with zero attached hydrogens (tertiary/aromatic N) is 2. The molecule has 0 bridgehead atoms. The van der Waals surface area contributed by atoms with Crippen LogP contribution in [0.25, 0.3) is 5.69 Å². The van der Waals surface area contributed by atoms with Crippen LogP contribution in [0.2, 0.25) is 0 Å². The first-order valence-electron chi connectivity index (χ1n) is 5.35. The molecule has 94 valence electrons. The van der Waals surface area contributed by atoms with Crippen LogP contribution in [-0.2, 0) is 4.74 Å². The number of aryl methyl sites for hydroxylation is 1. The second-order valence-electron chi connectivity index (χ2n) is 3.71. The molecule has 0 aliphatic carbocycles. The van der Waals surface area contributed by atoms with Gasteiger partial charge in [0.1, 0.15) is 11.9 Å². The van der Waals surface area contributed by atoms with Gasteiger partial charge in [-0.05, 0) is 12.1 Å². The molecule has 0 aromatic carbocycles. The van der Waals surface area contributed by atoms with Crippen molar-refractivity contribution >= 4 is 5.97 Å². The Bertz CT molecular complexity index is 578. The van der Waals surface area contributed by atoms with Crippen LogP contribution < -0.4 is 9.30 Å². The summed E-state index contributed by atoms with van der Waals surface area (Å²) in [6.07, 6.45) is 3.68. The number of imidazole rings is 1. The number of hydrogen-bond donors (Lipinski definition) is 1. The van der Waals surface area contributed by atoms with E-state index in [4.69, 9.17) is 4.74 Å². The van der Waals surface area contributed by atoms with Crippen molar-refractivity contribution in [1.82, 2.24) is 9.97 Å². The molecular weight excluding hydrogens is 234 g/mol. The van der Waals surface area contributed by atoms with Crippen LogP contribution in [0, 0.1) is 6.92 Å². The Morgan fingerprint density at radius 1 is 1.39 bits per heavy atom. The molecule has 0 amide bonds. The van der Waals surface area contributed by atoms with E-state index in [1.165, 1.54) is 14.2 Å². The highest BCUT2D eigenvalue weighted by molar-refractivity contribution is 5.87. The fourth-order valence-electron chi connectivity index (χ4n) is 1.59. The molecule has 2 rings (SSSR count). The van der Waals surface area contributed by atoms with Crippen molar-refractivity contribution in [3.8, 4) is 11.6 Å². The maximum Gasteiger partial charge on any atom is 0.356 e.